The van der Waals surface area contributed by atoms with Crippen LogP contribution in [0.25, 0.3) is 32.1 Å². The van der Waals surface area contributed by atoms with Crippen LogP contribution < -0.4 is 8.11 Å². The third kappa shape index (κ3) is 3.91. The van der Waals surface area contributed by atoms with E-state index in [1.165, 1.54) is 48.7 Å². The number of nitrogens with zero attached hydrogens (tertiary/aromatic N) is 1. The van der Waals surface area contributed by atoms with E-state index in [1.54, 1.807) is 8.11 Å². The van der Waals surface area contributed by atoms with Crippen LogP contribution in [-0.2, 0) is 0 Å². The fraction of sp³-hybridized carbons (Fsp3) is 0.258. The van der Waals surface area contributed by atoms with Crippen molar-refractivity contribution in [2.45, 2.75) is 52.0 Å². The van der Waals surface area contributed by atoms with Crippen LogP contribution in [0.3, 0.4) is 0 Å². The number of aryl methyl sites for hydroxylation is 3. The summed E-state index contributed by atoms with van der Waals surface area (Å²) in [6.07, 6.45) is 2.00. The van der Waals surface area contributed by atoms with E-state index < -0.39 is 13.3 Å². The van der Waals surface area contributed by atoms with Crippen molar-refractivity contribution in [2.75, 3.05) is 0 Å². The molecule has 2 aromatic heterocycles. The Balaban J connectivity index is 1.74. The Labute approximate surface area is 210 Å². The van der Waals surface area contributed by atoms with Crippen LogP contribution in [-0.4, -0.2) is 18.3 Å². The van der Waals surface area contributed by atoms with Gasteiger partial charge in [0.2, 0.25) is 0 Å². The van der Waals surface area contributed by atoms with Gasteiger partial charge in [-0.1, -0.05) is 0 Å². The van der Waals surface area contributed by atoms with Crippen molar-refractivity contribution in [1.82, 2.24) is 4.98 Å². The fourth-order valence-corrected chi connectivity index (χ4v) is 14.8. The number of hydrogen-bond acceptors (Lipinski definition) is 2. The summed E-state index contributed by atoms with van der Waals surface area (Å²) in [5.74, 6) is 5.56. The molecule has 2 heterocycles. The van der Waals surface area contributed by atoms with E-state index in [2.05, 4.69) is 107 Å². The van der Waals surface area contributed by atoms with Gasteiger partial charge in [-0.25, -0.2) is 0 Å². The van der Waals surface area contributed by atoms with Gasteiger partial charge in [0.05, 0.1) is 0 Å². The number of fused-ring (bicyclic) bond motifs is 2. The average Bonchev–Trinajstić information content (AvgIpc) is 3.15. The quantitative estimate of drug-likeness (QED) is 0.217. The van der Waals surface area contributed by atoms with Crippen molar-refractivity contribution in [1.29, 1.82) is 0 Å². The second-order valence-electron chi connectivity index (χ2n) is 10.5. The van der Waals surface area contributed by atoms with Gasteiger partial charge in [0, 0.05) is 0 Å². The third-order valence-electron chi connectivity index (χ3n) is 7.15. The first-order valence-electron chi connectivity index (χ1n) is 12.2. The van der Waals surface area contributed by atoms with Crippen LogP contribution in [0.1, 0.15) is 42.0 Å². The van der Waals surface area contributed by atoms with Gasteiger partial charge in [0.1, 0.15) is 0 Å². The van der Waals surface area contributed by atoms with Crippen LogP contribution in [0.5, 0.6) is 0 Å². The number of benzene rings is 3. The molecule has 0 unspecified atom stereocenters. The normalized spacial score (nSPS) is 12.2. The molecule has 0 aliphatic carbocycles. The van der Waals surface area contributed by atoms with Gasteiger partial charge < -0.3 is 0 Å². The minimum atomic E-state index is -2.47. The summed E-state index contributed by atoms with van der Waals surface area (Å²) in [5.41, 5.74) is 7.95. The van der Waals surface area contributed by atoms with Crippen molar-refractivity contribution in [3.05, 3.63) is 89.1 Å². The monoisotopic (exact) mass is 525 g/mol. The first-order chi connectivity index (χ1) is 16.2. The zero-order chi connectivity index (χ0) is 24.2. The fourth-order valence-electron chi connectivity index (χ4n) is 5.37. The molecule has 0 bridgehead atoms. The second kappa shape index (κ2) is 8.66. The molecule has 5 rings (SSSR count). The molecule has 172 valence electrons. The molecule has 3 aromatic carbocycles. The topological polar surface area (TPSA) is 12.9 Å². The Bertz CT molecular complexity index is 1520. The summed E-state index contributed by atoms with van der Waals surface area (Å²) >= 11 is -0.474. The summed E-state index contributed by atoms with van der Waals surface area (Å²) in [6.45, 7) is 11.3. The standard InChI is InChI=1S/C31H33GeNS/c1-19(2)28-18-24(17-23-10-8-9-11-27(23)28)29-30-26(12-13-33-29)22(5)31(34-30)32(6,7)25-15-20(3)14-21(4)16-25/h8-19H,1-7H3. The summed E-state index contributed by atoms with van der Waals surface area (Å²) < 4.78 is 4.51. The second-order valence-corrected chi connectivity index (χ2v) is 21.4. The molecule has 0 saturated carbocycles. The van der Waals surface area contributed by atoms with E-state index in [9.17, 15) is 0 Å². The Kier molecular flexibility index (Phi) is 5.94. The molecule has 0 amide bonds. The summed E-state index contributed by atoms with van der Waals surface area (Å²) in [5, 5.41) is 4.01. The van der Waals surface area contributed by atoms with Crippen molar-refractivity contribution in [3.63, 3.8) is 0 Å². The molecule has 0 spiro atoms. The number of aromatic nitrogens is 1. The maximum atomic E-state index is 4.95. The molecular formula is C31H33GeNS. The van der Waals surface area contributed by atoms with Crippen molar-refractivity contribution in [3.8, 4) is 11.3 Å². The van der Waals surface area contributed by atoms with Crippen LogP contribution in [0.4, 0.5) is 0 Å². The zero-order valence-corrected chi connectivity index (χ0v) is 24.2. The molecule has 0 aliphatic heterocycles. The summed E-state index contributed by atoms with van der Waals surface area (Å²) in [6, 6.07) is 22.8. The number of thiophene rings is 1. The van der Waals surface area contributed by atoms with E-state index in [-0.39, 0.29) is 0 Å². The van der Waals surface area contributed by atoms with E-state index in [4.69, 9.17) is 4.98 Å². The van der Waals surface area contributed by atoms with Crippen LogP contribution in [0, 0.1) is 20.8 Å². The van der Waals surface area contributed by atoms with Crippen molar-refractivity contribution >= 4 is 53.6 Å². The van der Waals surface area contributed by atoms with Gasteiger partial charge in [-0.05, 0) is 0 Å². The molecule has 0 aliphatic rings. The van der Waals surface area contributed by atoms with Crippen molar-refractivity contribution in [2.24, 2.45) is 0 Å². The van der Waals surface area contributed by atoms with Crippen molar-refractivity contribution < 1.29 is 0 Å². The Morgan fingerprint density at radius 3 is 2.24 bits per heavy atom. The number of rotatable bonds is 4. The first kappa shape index (κ1) is 23.3. The average molecular weight is 524 g/mol. The predicted molar refractivity (Wildman–Crippen MR) is 154 cm³/mol. The van der Waals surface area contributed by atoms with Gasteiger partial charge >= 0.3 is 211 Å². The number of hydrogen-bond donors (Lipinski definition) is 0. The van der Waals surface area contributed by atoms with Gasteiger partial charge in [-0.2, -0.15) is 0 Å². The predicted octanol–water partition coefficient (Wildman–Crippen LogP) is 7.99. The van der Waals surface area contributed by atoms with Gasteiger partial charge in [0.15, 0.2) is 0 Å². The number of pyridine rings is 1. The van der Waals surface area contributed by atoms with E-state index in [0.29, 0.717) is 5.92 Å². The van der Waals surface area contributed by atoms with E-state index in [1.807, 2.05) is 17.5 Å². The molecule has 3 heteroatoms. The van der Waals surface area contributed by atoms with Gasteiger partial charge in [0.25, 0.3) is 0 Å². The summed E-state index contributed by atoms with van der Waals surface area (Å²) in [7, 11) is 0. The SMILES string of the molecule is Cc1cc(C)c[c]([Ge]([CH3])([CH3])[c]2sc3c(-c4cc(C(C)C)c5ccccc5c4)nccc3c2C)c1. The van der Waals surface area contributed by atoms with Gasteiger partial charge in [-0.3, -0.25) is 0 Å². The molecule has 0 N–H and O–H groups in total. The van der Waals surface area contributed by atoms with Gasteiger partial charge in [-0.15, -0.1) is 0 Å². The molecule has 0 atom stereocenters. The Morgan fingerprint density at radius 2 is 1.53 bits per heavy atom. The first-order valence-corrected chi connectivity index (χ1v) is 19.3. The molecule has 0 saturated heterocycles. The third-order valence-corrected chi connectivity index (χ3v) is 18.4. The molecule has 0 radical (unpaired) electrons. The minimum absolute atomic E-state index is 0.461. The molecule has 5 aromatic rings. The molecule has 1 nitrogen and oxygen atoms in total. The van der Waals surface area contributed by atoms with E-state index in [0.717, 1.165) is 5.69 Å². The van der Waals surface area contributed by atoms with Crippen LogP contribution in [0.2, 0.25) is 11.5 Å². The maximum absolute atomic E-state index is 4.95. The van der Waals surface area contributed by atoms with E-state index >= 15 is 0 Å². The summed E-state index contributed by atoms with van der Waals surface area (Å²) in [4.78, 5) is 4.95. The molecule has 34 heavy (non-hydrogen) atoms. The Morgan fingerprint density at radius 1 is 0.824 bits per heavy atom. The zero-order valence-electron chi connectivity index (χ0n) is 21.3. The Hall–Kier alpha value is -2.43. The molecular weight excluding hydrogens is 491 g/mol. The van der Waals surface area contributed by atoms with Crippen LogP contribution >= 0.6 is 11.3 Å². The molecule has 0 fully saturated rings. The van der Waals surface area contributed by atoms with Crippen LogP contribution in [0.15, 0.2) is 66.9 Å².